The van der Waals surface area contributed by atoms with Crippen LogP contribution in [-0.4, -0.2) is 22.2 Å². The van der Waals surface area contributed by atoms with E-state index in [0.717, 1.165) is 4.88 Å². The first kappa shape index (κ1) is 11.0. The normalized spacial score (nSPS) is 12.4. The van der Waals surface area contributed by atoms with Crippen molar-refractivity contribution in [3.63, 3.8) is 0 Å². The summed E-state index contributed by atoms with van der Waals surface area (Å²) in [7, 11) is 1.54. The molecule has 84 valence electrons. The van der Waals surface area contributed by atoms with E-state index in [0.29, 0.717) is 18.0 Å². The summed E-state index contributed by atoms with van der Waals surface area (Å²) in [4.78, 5) is 9.06. The average molecular weight is 236 g/mol. The van der Waals surface area contributed by atoms with Crippen molar-refractivity contribution in [1.29, 1.82) is 0 Å². The van der Waals surface area contributed by atoms with Gasteiger partial charge in [-0.3, -0.25) is 0 Å². The van der Waals surface area contributed by atoms with E-state index in [9.17, 15) is 5.11 Å². The van der Waals surface area contributed by atoms with Gasteiger partial charge in [0.1, 0.15) is 12.4 Å². The molecule has 0 aromatic carbocycles. The van der Waals surface area contributed by atoms with E-state index in [2.05, 4.69) is 9.97 Å². The maximum absolute atomic E-state index is 9.97. The number of aliphatic hydroxyl groups excluding tert-OH is 1. The molecule has 0 fully saturated rings. The molecule has 2 rings (SSSR count). The third-order valence-electron chi connectivity index (χ3n) is 2.19. The predicted octanol–water partition coefficient (Wildman–Crippen LogP) is 1.82. The van der Waals surface area contributed by atoms with Crippen LogP contribution in [0.5, 0.6) is 5.88 Å². The number of aliphatic hydroxyl groups is 1. The summed E-state index contributed by atoms with van der Waals surface area (Å²) in [6.07, 6.45) is 1.35. The van der Waals surface area contributed by atoms with Crippen LogP contribution >= 0.6 is 11.3 Å². The van der Waals surface area contributed by atoms with Gasteiger partial charge >= 0.3 is 0 Å². The molecule has 0 aliphatic carbocycles. The molecule has 0 saturated heterocycles. The zero-order valence-electron chi connectivity index (χ0n) is 8.83. The quantitative estimate of drug-likeness (QED) is 0.879. The van der Waals surface area contributed by atoms with Gasteiger partial charge in [0.2, 0.25) is 5.88 Å². The Balaban J connectivity index is 2.11. The zero-order chi connectivity index (χ0) is 11.4. The molecule has 1 atom stereocenters. The van der Waals surface area contributed by atoms with Crippen LogP contribution in [0.2, 0.25) is 0 Å². The Labute approximate surface area is 97.6 Å². The van der Waals surface area contributed by atoms with Crippen LogP contribution in [0, 0.1) is 0 Å². The maximum Gasteiger partial charge on any atom is 0.216 e. The van der Waals surface area contributed by atoms with Crippen LogP contribution in [0.1, 0.15) is 16.7 Å². The number of methoxy groups -OCH3 is 1. The second kappa shape index (κ2) is 5.05. The SMILES string of the molecule is COc1cc(C(O)Cc2cccs2)ncn1. The van der Waals surface area contributed by atoms with Crippen LogP contribution in [-0.2, 0) is 6.42 Å². The molecule has 0 aliphatic rings. The van der Waals surface area contributed by atoms with E-state index in [1.807, 2.05) is 17.5 Å². The molecule has 2 heterocycles. The van der Waals surface area contributed by atoms with Gasteiger partial charge in [-0.1, -0.05) is 6.07 Å². The molecule has 0 saturated carbocycles. The summed E-state index contributed by atoms with van der Waals surface area (Å²) in [5, 5.41) is 12.0. The molecule has 0 spiro atoms. The second-order valence-electron chi connectivity index (χ2n) is 3.28. The van der Waals surface area contributed by atoms with Gasteiger partial charge in [0.15, 0.2) is 0 Å². The summed E-state index contributed by atoms with van der Waals surface area (Å²) < 4.78 is 4.98. The Hall–Kier alpha value is -1.46. The van der Waals surface area contributed by atoms with E-state index in [4.69, 9.17) is 4.74 Å². The standard InChI is InChI=1S/C11H12N2O2S/c1-15-11-6-9(12-7-13-11)10(14)5-8-3-2-4-16-8/h2-4,6-7,10,14H,5H2,1H3. The molecule has 0 amide bonds. The van der Waals surface area contributed by atoms with E-state index >= 15 is 0 Å². The molecule has 16 heavy (non-hydrogen) atoms. The number of hydrogen-bond acceptors (Lipinski definition) is 5. The number of rotatable bonds is 4. The summed E-state index contributed by atoms with van der Waals surface area (Å²) in [6, 6.07) is 5.61. The molecular weight excluding hydrogens is 224 g/mol. The van der Waals surface area contributed by atoms with Crippen molar-refractivity contribution < 1.29 is 9.84 Å². The van der Waals surface area contributed by atoms with Crippen molar-refractivity contribution in [2.45, 2.75) is 12.5 Å². The summed E-state index contributed by atoms with van der Waals surface area (Å²) in [5.74, 6) is 0.468. The number of ether oxygens (including phenoxy) is 1. The fourth-order valence-corrected chi connectivity index (χ4v) is 2.11. The first-order valence-electron chi connectivity index (χ1n) is 4.86. The fourth-order valence-electron chi connectivity index (χ4n) is 1.37. The highest BCUT2D eigenvalue weighted by molar-refractivity contribution is 7.09. The van der Waals surface area contributed by atoms with Gasteiger partial charge in [-0.05, 0) is 11.4 Å². The van der Waals surface area contributed by atoms with Crippen molar-refractivity contribution in [1.82, 2.24) is 9.97 Å². The minimum absolute atomic E-state index is 0.468. The third kappa shape index (κ3) is 2.56. The van der Waals surface area contributed by atoms with Crippen molar-refractivity contribution >= 4 is 11.3 Å². The highest BCUT2D eigenvalue weighted by Gasteiger charge is 2.11. The Morgan fingerprint density at radius 3 is 3.06 bits per heavy atom. The highest BCUT2D eigenvalue weighted by atomic mass is 32.1. The largest absolute Gasteiger partial charge is 0.481 e. The molecule has 5 heteroatoms. The number of hydrogen-bond donors (Lipinski definition) is 1. The molecule has 0 radical (unpaired) electrons. The molecule has 1 N–H and O–H groups in total. The monoisotopic (exact) mass is 236 g/mol. The molecule has 0 aliphatic heterocycles. The topological polar surface area (TPSA) is 55.2 Å². The van der Waals surface area contributed by atoms with Crippen molar-refractivity contribution in [3.8, 4) is 5.88 Å². The van der Waals surface area contributed by atoms with Gasteiger partial charge in [-0.15, -0.1) is 11.3 Å². The average Bonchev–Trinajstić information content (AvgIpc) is 2.82. The summed E-state index contributed by atoms with van der Waals surface area (Å²) in [5.41, 5.74) is 0.584. The third-order valence-corrected chi connectivity index (χ3v) is 3.09. The first-order valence-corrected chi connectivity index (χ1v) is 5.74. The maximum atomic E-state index is 9.97. The van der Waals surface area contributed by atoms with E-state index in [1.54, 1.807) is 17.4 Å². The van der Waals surface area contributed by atoms with Gasteiger partial charge in [0.05, 0.1) is 12.8 Å². The lowest BCUT2D eigenvalue weighted by molar-refractivity contribution is 0.173. The van der Waals surface area contributed by atoms with E-state index in [1.165, 1.54) is 13.4 Å². The smallest absolute Gasteiger partial charge is 0.216 e. The molecule has 4 nitrogen and oxygen atoms in total. The van der Waals surface area contributed by atoms with Crippen molar-refractivity contribution in [2.75, 3.05) is 7.11 Å². The van der Waals surface area contributed by atoms with Gasteiger partial charge in [-0.2, -0.15) is 0 Å². The van der Waals surface area contributed by atoms with Gasteiger partial charge in [0.25, 0.3) is 0 Å². The minimum Gasteiger partial charge on any atom is -0.481 e. The fraction of sp³-hybridized carbons (Fsp3) is 0.273. The van der Waals surface area contributed by atoms with Crippen LogP contribution in [0.4, 0.5) is 0 Å². The molecular formula is C11H12N2O2S. The predicted molar refractivity (Wildman–Crippen MR) is 61.6 cm³/mol. The summed E-state index contributed by atoms with van der Waals surface area (Å²) in [6.45, 7) is 0. The Kier molecular flexibility index (Phi) is 3.48. The first-order chi connectivity index (χ1) is 7.79. The van der Waals surface area contributed by atoms with Gasteiger partial charge in [-0.25, -0.2) is 9.97 Å². The van der Waals surface area contributed by atoms with Crippen LogP contribution in [0.25, 0.3) is 0 Å². The number of nitrogens with zero attached hydrogens (tertiary/aromatic N) is 2. The van der Waals surface area contributed by atoms with E-state index < -0.39 is 6.10 Å². The molecule has 2 aromatic rings. The number of aromatic nitrogens is 2. The van der Waals surface area contributed by atoms with E-state index in [-0.39, 0.29) is 0 Å². The van der Waals surface area contributed by atoms with Crippen molar-refractivity contribution in [2.24, 2.45) is 0 Å². The lowest BCUT2D eigenvalue weighted by Crippen LogP contribution is -2.04. The van der Waals surface area contributed by atoms with Gasteiger partial charge < -0.3 is 9.84 Å². The highest BCUT2D eigenvalue weighted by Crippen LogP contribution is 2.21. The van der Waals surface area contributed by atoms with Gasteiger partial charge in [0, 0.05) is 17.4 Å². The Bertz CT molecular complexity index is 445. The lowest BCUT2D eigenvalue weighted by atomic mass is 10.1. The Morgan fingerprint density at radius 1 is 1.50 bits per heavy atom. The van der Waals surface area contributed by atoms with Crippen LogP contribution in [0.3, 0.4) is 0 Å². The van der Waals surface area contributed by atoms with Crippen LogP contribution in [0.15, 0.2) is 29.9 Å². The second-order valence-corrected chi connectivity index (χ2v) is 4.32. The number of thiophene rings is 1. The van der Waals surface area contributed by atoms with Crippen LogP contribution < -0.4 is 4.74 Å². The lowest BCUT2D eigenvalue weighted by Gasteiger charge is -2.09. The summed E-state index contributed by atoms with van der Waals surface area (Å²) >= 11 is 1.62. The van der Waals surface area contributed by atoms with Crippen molar-refractivity contribution in [3.05, 3.63) is 40.5 Å². The molecule has 2 aromatic heterocycles. The Morgan fingerprint density at radius 2 is 2.38 bits per heavy atom. The minimum atomic E-state index is -0.615. The zero-order valence-corrected chi connectivity index (χ0v) is 9.65. The molecule has 1 unspecified atom stereocenters. The molecule has 0 bridgehead atoms.